The van der Waals surface area contributed by atoms with Gasteiger partial charge < -0.3 is 21.3 Å². The maximum absolute atomic E-state index is 9.75. The first-order valence-corrected chi connectivity index (χ1v) is 5.74. The molecule has 5 nitrogen and oxygen atoms in total. The average molecular weight is 247 g/mol. The maximum atomic E-state index is 9.75. The van der Waals surface area contributed by atoms with Crippen LogP contribution in [0.4, 0.5) is 11.4 Å². The zero-order chi connectivity index (χ0) is 13.2. The Kier molecular flexibility index (Phi) is 3.36. The predicted octanol–water partition coefficient (Wildman–Crippen LogP) is 0.972. The molecule has 1 heterocycles. The molecule has 2 aromatic rings. The van der Waals surface area contributed by atoms with Gasteiger partial charge in [-0.2, -0.15) is 0 Å². The van der Waals surface area contributed by atoms with Crippen LogP contribution in [0.15, 0.2) is 30.5 Å². The van der Waals surface area contributed by atoms with Crippen molar-refractivity contribution in [2.75, 3.05) is 24.2 Å². The third-order valence-electron chi connectivity index (χ3n) is 2.80. The van der Waals surface area contributed by atoms with Crippen molar-refractivity contribution in [3.8, 4) is 0 Å². The third-order valence-corrected chi connectivity index (χ3v) is 2.80. The fourth-order valence-corrected chi connectivity index (χ4v) is 1.68. The van der Waals surface area contributed by atoms with Crippen LogP contribution in [0.5, 0.6) is 0 Å². The molecule has 5 heteroatoms. The van der Waals surface area contributed by atoms with E-state index in [0.29, 0.717) is 5.69 Å². The number of hydrogen-bond acceptors (Lipinski definition) is 5. The molecule has 0 saturated heterocycles. The SMILES string of the molecule is CC(O)(CO)CNc1ccc(N)c2cccnc12. The Balaban J connectivity index is 2.32. The number of aliphatic hydroxyl groups is 2. The molecule has 0 bridgehead atoms. The number of hydrogen-bond donors (Lipinski definition) is 4. The first-order chi connectivity index (χ1) is 8.53. The van der Waals surface area contributed by atoms with E-state index in [4.69, 9.17) is 10.8 Å². The molecule has 0 aliphatic heterocycles. The Labute approximate surface area is 105 Å². The van der Waals surface area contributed by atoms with Gasteiger partial charge in [0.05, 0.1) is 17.8 Å². The Morgan fingerprint density at radius 3 is 2.89 bits per heavy atom. The summed E-state index contributed by atoms with van der Waals surface area (Å²) in [7, 11) is 0. The summed E-state index contributed by atoms with van der Waals surface area (Å²) in [5.41, 5.74) is 6.92. The molecular weight excluding hydrogens is 230 g/mol. The lowest BCUT2D eigenvalue weighted by atomic mass is 10.1. The second kappa shape index (κ2) is 4.80. The zero-order valence-corrected chi connectivity index (χ0v) is 10.2. The van der Waals surface area contributed by atoms with Crippen LogP contribution in [0.1, 0.15) is 6.92 Å². The fourth-order valence-electron chi connectivity index (χ4n) is 1.68. The monoisotopic (exact) mass is 247 g/mol. The zero-order valence-electron chi connectivity index (χ0n) is 10.2. The van der Waals surface area contributed by atoms with Crippen LogP contribution in [-0.4, -0.2) is 33.9 Å². The van der Waals surface area contributed by atoms with Crippen molar-refractivity contribution in [1.29, 1.82) is 0 Å². The van der Waals surface area contributed by atoms with Gasteiger partial charge in [0.25, 0.3) is 0 Å². The molecule has 1 aromatic carbocycles. The van der Waals surface area contributed by atoms with Crippen LogP contribution in [-0.2, 0) is 0 Å². The van der Waals surface area contributed by atoms with E-state index in [2.05, 4.69) is 10.3 Å². The quantitative estimate of drug-likeness (QED) is 0.604. The molecule has 1 atom stereocenters. The molecule has 0 aliphatic carbocycles. The van der Waals surface area contributed by atoms with Gasteiger partial charge in [0.2, 0.25) is 0 Å². The Morgan fingerprint density at radius 1 is 1.39 bits per heavy atom. The number of aliphatic hydroxyl groups excluding tert-OH is 1. The molecule has 0 amide bonds. The molecule has 0 radical (unpaired) electrons. The minimum atomic E-state index is -1.16. The van der Waals surface area contributed by atoms with E-state index in [0.717, 1.165) is 16.6 Å². The number of nitrogens with one attached hydrogen (secondary N) is 1. The summed E-state index contributed by atoms with van der Waals surface area (Å²) in [6.45, 7) is 1.49. The highest BCUT2D eigenvalue weighted by Crippen LogP contribution is 2.26. The summed E-state index contributed by atoms with van der Waals surface area (Å²) in [5, 5.41) is 22.7. The topological polar surface area (TPSA) is 91.4 Å². The van der Waals surface area contributed by atoms with Crippen LogP contribution < -0.4 is 11.1 Å². The highest BCUT2D eigenvalue weighted by Gasteiger charge is 2.19. The summed E-state index contributed by atoms with van der Waals surface area (Å²) < 4.78 is 0. The predicted molar refractivity (Wildman–Crippen MR) is 72.4 cm³/mol. The second-order valence-electron chi connectivity index (χ2n) is 4.61. The fraction of sp³-hybridized carbons (Fsp3) is 0.308. The maximum Gasteiger partial charge on any atom is 0.102 e. The Bertz CT molecular complexity index is 555. The van der Waals surface area contributed by atoms with Gasteiger partial charge in [0, 0.05) is 23.8 Å². The van der Waals surface area contributed by atoms with E-state index < -0.39 is 5.60 Å². The largest absolute Gasteiger partial charge is 0.398 e. The number of nitrogens with two attached hydrogens (primary N) is 1. The molecular formula is C13H17N3O2. The van der Waals surface area contributed by atoms with Crippen LogP contribution in [0.25, 0.3) is 10.9 Å². The van der Waals surface area contributed by atoms with Gasteiger partial charge in [-0.1, -0.05) is 0 Å². The van der Waals surface area contributed by atoms with E-state index in [1.54, 1.807) is 19.2 Å². The molecule has 5 N–H and O–H groups in total. The van der Waals surface area contributed by atoms with Gasteiger partial charge in [-0.3, -0.25) is 4.98 Å². The minimum absolute atomic E-state index is 0.235. The highest BCUT2D eigenvalue weighted by molar-refractivity contribution is 5.98. The Morgan fingerprint density at radius 2 is 2.17 bits per heavy atom. The first-order valence-electron chi connectivity index (χ1n) is 5.74. The Hall–Kier alpha value is -1.85. The van der Waals surface area contributed by atoms with E-state index >= 15 is 0 Å². The number of aromatic nitrogens is 1. The third kappa shape index (κ3) is 2.52. The number of nitrogen functional groups attached to an aromatic ring is 1. The highest BCUT2D eigenvalue weighted by atomic mass is 16.3. The summed E-state index contributed by atoms with van der Waals surface area (Å²) >= 11 is 0. The standard InChI is InChI=1S/C13H17N3O2/c1-13(18,8-17)7-16-11-5-4-10(14)9-3-2-6-15-12(9)11/h2-6,16-18H,7-8,14H2,1H3. The normalized spacial score (nSPS) is 14.4. The number of benzene rings is 1. The lowest BCUT2D eigenvalue weighted by Crippen LogP contribution is -2.37. The molecule has 0 saturated carbocycles. The smallest absolute Gasteiger partial charge is 0.102 e. The van der Waals surface area contributed by atoms with Gasteiger partial charge in [0.15, 0.2) is 0 Å². The van der Waals surface area contributed by atoms with Gasteiger partial charge in [-0.05, 0) is 31.2 Å². The van der Waals surface area contributed by atoms with Crippen LogP contribution in [0, 0.1) is 0 Å². The number of nitrogens with zero attached hydrogens (tertiary/aromatic N) is 1. The summed E-state index contributed by atoms with van der Waals surface area (Å²) in [6.07, 6.45) is 1.69. The summed E-state index contributed by atoms with van der Waals surface area (Å²) in [6, 6.07) is 7.33. The van der Waals surface area contributed by atoms with Gasteiger partial charge in [-0.25, -0.2) is 0 Å². The van der Waals surface area contributed by atoms with Crippen molar-refractivity contribution >= 4 is 22.3 Å². The first kappa shape index (κ1) is 12.6. The lowest BCUT2D eigenvalue weighted by Gasteiger charge is -2.21. The van der Waals surface area contributed by atoms with Gasteiger partial charge in [0.1, 0.15) is 5.60 Å². The van der Waals surface area contributed by atoms with Crippen molar-refractivity contribution in [2.45, 2.75) is 12.5 Å². The molecule has 96 valence electrons. The van der Waals surface area contributed by atoms with Gasteiger partial charge >= 0.3 is 0 Å². The van der Waals surface area contributed by atoms with Crippen molar-refractivity contribution in [3.05, 3.63) is 30.5 Å². The number of fused-ring (bicyclic) bond motifs is 1. The molecule has 2 rings (SSSR count). The van der Waals surface area contributed by atoms with Crippen molar-refractivity contribution in [2.24, 2.45) is 0 Å². The molecule has 0 fully saturated rings. The van der Waals surface area contributed by atoms with E-state index in [1.807, 2.05) is 18.2 Å². The van der Waals surface area contributed by atoms with E-state index in [-0.39, 0.29) is 13.2 Å². The van der Waals surface area contributed by atoms with Gasteiger partial charge in [-0.15, -0.1) is 0 Å². The second-order valence-corrected chi connectivity index (χ2v) is 4.61. The van der Waals surface area contributed by atoms with Crippen LogP contribution >= 0.6 is 0 Å². The number of pyridine rings is 1. The minimum Gasteiger partial charge on any atom is -0.398 e. The lowest BCUT2D eigenvalue weighted by molar-refractivity contribution is 0.0132. The summed E-state index contributed by atoms with van der Waals surface area (Å²) in [4.78, 5) is 4.28. The molecule has 0 spiro atoms. The molecule has 1 aromatic heterocycles. The number of anilines is 2. The average Bonchev–Trinajstić information content (AvgIpc) is 2.38. The van der Waals surface area contributed by atoms with E-state index in [1.165, 1.54) is 0 Å². The molecule has 0 aliphatic rings. The van der Waals surface area contributed by atoms with E-state index in [9.17, 15) is 5.11 Å². The van der Waals surface area contributed by atoms with Crippen molar-refractivity contribution < 1.29 is 10.2 Å². The van der Waals surface area contributed by atoms with Crippen molar-refractivity contribution in [3.63, 3.8) is 0 Å². The summed E-state index contributed by atoms with van der Waals surface area (Å²) in [5.74, 6) is 0. The molecule has 1 unspecified atom stereocenters. The number of rotatable bonds is 4. The molecule has 18 heavy (non-hydrogen) atoms. The van der Waals surface area contributed by atoms with Crippen LogP contribution in [0.2, 0.25) is 0 Å². The van der Waals surface area contributed by atoms with Crippen molar-refractivity contribution in [1.82, 2.24) is 4.98 Å². The van der Waals surface area contributed by atoms with Crippen LogP contribution in [0.3, 0.4) is 0 Å².